The third-order valence-electron chi connectivity index (χ3n) is 7.46. The average Bonchev–Trinajstić information content (AvgIpc) is 3.06. The number of aliphatic hydroxyl groups is 1. The number of unbranched alkanes of at least 4 members (excludes halogenated alkanes) is 1. The predicted octanol–water partition coefficient (Wildman–Crippen LogP) is -5.29. The van der Waals surface area contributed by atoms with Gasteiger partial charge in [0.05, 0.1) is 25.5 Å². The summed E-state index contributed by atoms with van der Waals surface area (Å²) in [7, 11) is 0. The van der Waals surface area contributed by atoms with Crippen LogP contribution in [0.3, 0.4) is 0 Å². The Morgan fingerprint density at radius 1 is 0.556 bits per heavy atom. The summed E-state index contributed by atoms with van der Waals surface area (Å²) in [6.45, 7) is 3.94. The number of carbonyl (C=O) groups excluding carboxylic acids is 7. The fourth-order valence-corrected chi connectivity index (χ4v) is 4.65. The summed E-state index contributed by atoms with van der Waals surface area (Å²) in [6, 6.07) is -10.9. The van der Waals surface area contributed by atoms with Crippen LogP contribution in [-0.2, 0) is 47.9 Å². The van der Waals surface area contributed by atoms with Gasteiger partial charge in [-0.3, -0.25) is 43.2 Å². The first-order valence-electron chi connectivity index (χ1n) is 17.0. The summed E-state index contributed by atoms with van der Waals surface area (Å²) in [5.41, 5.74) is 16.1. The number of primary amides is 1. The van der Waals surface area contributed by atoms with Gasteiger partial charge in [-0.1, -0.05) is 13.8 Å². The Labute approximate surface area is 310 Å². The number of nitrogens with one attached hydrogen (secondary N) is 6. The molecule has 0 heterocycles. The summed E-state index contributed by atoms with van der Waals surface area (Å²) in [4.78, 5) is 124. The minimum absolute atomic E-state index is 0.0849. The first kappa shape index (κ1) is 48.6. The SMILES string of the molecule is CC(C)C[C@H](NC(=O)[C@H](C)N)C(=O)N[C@@H](CCC(=O)O)C(=O)N[C@@H](CC(=O)O)C(=O)N[C@@H](CCCCN)C(=O)N[C@@H](CO)C(=O)N[C@@H](CC(N)=O)C(=O)O. The number of amides is 7. The molecular formula is C31H53N9O14. The highest BCUT2D eigenvalue weighted by molar-refractivity contribution is 5.98. The third-order valence-corrected chi connectivity index (χ3v) is 7.46. The first-order chi connectivity index (χ1) is 25.1. The number of carboxylic acid groups (broad SMARTS) is 3. The van der Waals surface area contributed by atoms with E-state index in [2.05, 4.69) is 26.6 Å². The number of rotatable bonds is 27. The molecule has 0 spiro atoms. The Bertz CT molecular complexity index is 1360. The number of nitrogens with two attached hydrogens (primary N) is 3. The van der Waals surface area contributed by atoms with Crippen molar-refractivity contribution in [1.29, 1.82) is 0 Å². The minimum Gasteiger partial charge on any atom is -0.481 e. The van der Waals surface area contributed by atoms with Gasteiger partial charge in [0, 0.05) is 6.42 Å². The summed E-state index contributed by atoms with van der Waals surface area (Å²) in [6.07, 6.45) is -2.61. The maximum atomic E-state index is 13.4. The number of carboxylic acids is 3. The van der Waals surface area contributed by atoms with Gasteiger partial charge >= 0.3 is 17.9 Å². The lowest BCUT2D eigenvalue weighted by Crippen LogP contribution is -2.60. The van der Waals surface area contributed by atoms with Crippen LogP contribution in [0.2, 0.25) is 0 Å². The zero-order valence-electron chi connectivity index (χ0n) is 30.3. The Balaban J connectivity index is 6.29. The maximum Gasteiger partial charge on any atom is 0.326 e. The highest BCUT2D eigenvalue weighted by Crippen LogP contribution is 2.09. The zero-order valence-corrected chi connectivity index (χ0v) is 30.3. The Morgan fingerprint density at radius 3 is 1.44 bits per heavy atom. The zero-order chi connectivity index (χ0) is 41.7. The van der Waals surface area contributed by atoms with Crippen molar-refractivity contribution >= 4 is 59.3 Å². The fourth-order valence-electron chi connectivity index (χ4n) is 4.65. The Kier molecular flexibility index (Phi) is 22.3. The lowest BCUT2D eigenvalue weighted by atomic mass is 10.0. The molecule has 306 valence electrons. The lowest BCUT2D eigenvalue weighted by Gasteiger charge is -2.27. The van der Waals surface area contributed by atoms with Crippen LogP contribution in [-0.4, -0.2) is 135 Å². The molecule has 0 rings (SSSR count). The molecule has 0 saturated carbocycles. The van der Waals surface area contributed by atoms with Crippen LogP contribution < -0.4 is 49.1 Å². The Morgan fingerprint density at radius 2 is 1.00 bits per heavy atom. The number of hydrogen-bond acceptors (Lipinski definition) is 13. The van der Waals surface area contributed by atoms with Crippen LogP contribution in [0.25, 0.3) is 0 Å². The van der Waals surface area contributed by atoms with Gasteiger partial charge in [0.25, 0.3) is 0 Å². The summed E-state index contributed by atoms with van der Waals surface area (Å²) in [5.74, 6) is -12.2. The Hall–Kier alpha value is -5.42. The molecule has 0 fully saturated rings. The second-order valence-electron chi connectivity index (χ2n) is 12.8. The van der Waals surface area contributed by atoms with Crippen molar-refractivity contribution in [3.63, 3.8) is 0 Å². The molecule has 0 aromatic heterocycles. The van der Waals surface area contributed by atoms with Gasteiger partial charge in [0.1, 0.15) is 36.3 Å². The highest BCUT2D eigenvalue weighted by Gasteiger charge is 2.34. The number of aliphatic hydroxyl groups excluding tert-OH is 1. The molecule has 0 aromatic rings. The van der Waals surface area contributed by atoms with Crippen LogP contribution in [0.4, 0.5) is 0 Å². The molecule has 0 aliphatic rings. The van der Waals surface area contributed by atoms with Gasteiger partial charge in [-0.25, -0.2) is 4.79 Å². The third kappa shape index (κ3) is 19.4. The number of aliphatic carboxylic acids is 3. The molecule has 23 nitrogen and oxygen atoms in total. The van der Waals surface area contributed by atoms with E-state index in [4.69, 9.17) is 17.2 Å². The molecule has 0 aliphatic heterocycles. The maximum absolute atomic E-state index is 13.4. The largest absolute Gasteiger partial charge is 0.481 e. The topological polar surface area (TPSA) is 402 Å². The molecule has 0 aromatic carbocycles. The van der Waals surface area contributed by atoms with E-state index in [1.165, 1.54) is 6.92 Å². The molecule has 7 amide bonds. The monoisotopic (exact) mass is 775 g/mol. The van der Waals surface area contributed by atoms with Crippen LogP contribution >= 0.6 is 0 Å². The molecule has 23 heteroatoms. The fraction of sp³-hybridized carbons (Fsp3) is 0.677. The standard InChI is InChI=1S/C31H53N9O14/c1-14(2)10-18(37-25(47)15(3)33)28(50)36-17(7-8-23(43)44)27(49)38-19(12-24(45)46)29(51)35-16(6-4-5-9-32)26(48)40-21(13-41)30(52)39-20(31(53)54)11-22(34)42/h14-21,41H,4-13,32-33H2,1-3H3,(H2,34,42)(H,35,51)(H,36,50)(H,37,47)(H,38,49)(H,39,52)(H,40,48)(H,43,44)(H,45,46)(H,53,54)/t15-,16-,17-,18-,19-,20-,21-/m0/s1. The van der Waals surface area contributed by atoms with Crippen molar-refractivity contribution in [2.24, 2.45) is 23.1 Å². The van der Waals surface area contributed by atoms with Crippen molar-refractivity contribution in [1.82, 2.24) is 31.9 Å². The highest BCUT2D eigenvalue weighted by atomic mass is 16.4. The van der Waals surface area contributed by atoms with Crippen molar-refractivity contribution in [3.05, 3.63) is 0 Å². The van der Waals surface area contributed by atoms with E-state index in [-0.39, 0.29) is 31.7 Å². The quantitative estimate of drug-likeness (QED) is 0.0347. The normalized spacial score (nSPS) is 14.8. The van der Waals surface area contributed by atoms with Gasteiger partial charge in [0.2, 0.25) is 41.4 Å². The first-order valence-corrected chi connectivity index (χ1v) is 17.0. The van der Waals surface area contributed by atoms with E-state index in [9.17, 15) is 68.4 Å². The molecule has 7 atom stereocenters. The number of carbonyl (C=O) groups is 10. The van der Waals surface area contributed by atoms with Crippen LogP contribution in [0, 0.1) is 5.92 Å². The molecule has 0 bridgehead atoms. The van der Waals surface area contributed by atoms with Crippen molar-refractivity contribution in [2.75, 3.05) is 13.2 Å². The second-order valence-corrected chi connectivity index (χ2v) is 12.8. The van der Waals surface area contributed by atoms with Crippen LogP contribution in [0.15, 0.2) is 0 Å². The van der Waals surface area contributed by atoms with E-state index >= 15 is 0 Å². The van der Waals surface area contributed by atoms with Gasteiger partial charge < -0.3 is 69.5 Å². The van der Waals surface area contributed by atoms with Gasteiger partial charge in [0.15, 0.2) is 0 Å². The molecule has 0 unspecified atom stereocenters. The lowest BCUT2D eigenvalue weighted by molar-refractivity contribution is -0.144. The molecule has 16 N–H and O–H groups in total. The number of hydrogen-bond donors (Lipinski definition) is 13. The van der Waals surface area contributed by atoms with E-state index in [1.807, 2.05) is 5.32 Å². The summed E-state index contributed by atoms with van der Waals surface area (Å²) < 4.78 is 0. The minimum atomic E-state index is -1.92. The average molecular weight is 776 g/mol. The molecule has 0 aliphatic carbocycles. The molecular weight excluding hydrogens is 722 g/mol. The van der Waals surface area contributed by atoms with E-state index in [1.54, 1.807) is 13.8 Å². The van der Waals surface area contributed by atoms with Gasteiger partial charge in [-0.15, -0.1) is 0 Å². The summed E-state index contributed by atoms with van der Waals surface area (Å²) >= 11 is 0. The van der Waals surface area contributed by atoms with E-state index in [0.29, 0.717) is 6.42 Å². The predicted molar refractivity (Wildman–Crippen MR) is 185 cm³/mol. The molecule has 54 heavy (non-hydrogen) atoms. The van der Waals surface area contributed by atoms with Gasteiger partial charge in [-0.2, -0.15) is 0 Å². The second kappa shape index (κ2) is 24.8. The van der Waals surface area contributed by atoms with E-state index < -0.39 is 134 Å². The molecule has 0 saturated heterocycles. The summed E-state index contributed by atoms with van der Waals surface area (Å²) in [5, 5.41) is 51.0. The van der Waals surface area contributed by atoms with Crippen LogP contribution in [0.5, 0.6) is 0 Å². The van der Waals surface area contributed by atoms with Gasteiger partial charge in [-0.05, 0) is 51.5 Å². The smallest absolute Gasteiger partial charge is 0.326 e. The molecule has 0 radical (unpaired) electrons. The van der Waals surface area contributed by atoms with E-state index in [0.717, 1.165) is 0 Å². The van der Waals surface area contributed by atoms with Crippen molar-refractivity contribution in [2.45, 2.75) is 114 Å². The van der Waals surface area contributed by atoms with Crippen molar-refractivity contribution < 1.29 is 68.4 Å². The van der Waals surface area contributed by atoms with Crippen LogP contribution in [0.1, 0.15) is 72.1 Å². The van der Waals surface area contributed by atoms with Crippen molar-refractivity contribution in [3.8, 4) is 0 Å².